The van der Waals surface area contributed by atoms with E-state index in [4.69, 9.17) is 39.5 Å². The Kier molecular flexibility index (Phi) is 8.11. The van der Waals surface area contributed by atoms with Crippen LogP contribution in [0.4, 0.5) is 5.69 Å². The largest absolute Gasteiger partial charge is 0.488 e. The standard InChI is InChI=1S/C23H18Cl3N3O3/c1-14-4-2-3-5-20(14)28-22(30)23(31)29-27-12-16-11-17(24)7-9-21(16)32-13-15-6-8-18(25)19(26)10-15/h2-12H,13H2,1H3,(H,28,30)(H,29,31)/b27-12-. The molecule has 0 heterocycles. The molecular weight excluding hydrogens is 473 g/mol. The number of halogens is 3. The van der Waals surface area contributed by atoms with Crippen LogP contribution in [-0.4, -0.2) is 18.0 Å². The van der Waals surface area contributed by atoms with Crippen LogP contribution in [0, 0.1) is 6.92 Å². The Bertz CT molecular complexity index is 1180. The minimum absolute atomic E-state index is 0.227. The predicted octanol–water partition coefficient (Wildman–Crippen LogP) is 5.62. The van der Waals surface area contributed by atoms with E-state index in [1.807, 2.05) is 19.1 Å². The van der Waals surface area contributed by atoms with Gasteiger partial charge in [-0.1, -0.05) is 59.1 Å². The molecule has 2 amide bonds. The molecule has 0 radical (unpaired) electrons. The van der Waals surface area contributed by atoms with Crippen molar-refractivity contribution in [1.82, 2.24) is 5.43 Å². The van der Waals surface area contributed by atoms with Gasteiger partial charge in [-0.05, 0) is 54.4 Å². The quantitative estimate of drug-likeness (QED) is 0.267. The summed E-state index contributed by atoms with van der Waals surface area (Å²) in [6.45, 7) is 2.05. The van der Waals surface area contributed by atoms with Crippen LogP contribution in [0.5, 0.6) is 5.75 Å². The number of hydrazone groups is 1. The van der Waals surface area contributed by atoms with E-state index in [9.17, 15) is 9.59 Å². The molecule has 0 saturated heterocycles. The molecule has 2 N–H and O–H groups in total. The van der Waals surface area contributed by atoms with Crippen LogP contribution in [-0.2, 0) is 16.2 Å². The number of carbonyl (C=O) groups is 2. The van der Waals surface area contributed by atoms with Crippen molar-refractivity contribution in [2.24, 2.45) is 5.10 Å². The zero-order valence-electron chi connectivity index (χ0n) is 16.9. The third-order valence-corrected chi connectivity index (χ3v) is 5.29. The number of amides is 2. The van der Waals surface area contributed by atoms with Crippen LogP contribution in [0.2, 0.25) is 15.1 Å². The Balaban J connectivity index is 1.63. The lowest BCUT2D eigenvalue weighted by atomic mass is 10.2. The molecule has 3 aromatic rings. The number of benzene rings is 3. The van der Waals surface area contributed by atoms with E-state index in [0.717, 1.165) is 11.1 Å². The molecule has 3 aromatic carbocycles. The van der Waals surface area contributed by atoms with Crippen LogP contribution in [0.1, 0.15) is 16.7 Å². The lowest BCUT2D eigenvalue weighted by Gasteiger charge is -2.10. The van der Waals surface area contributed by atoms with Gasteiger partial charge < -0.3 is 10.1 Å². The minimum Gasteiger partial charge on any atom is -0.488 e. The normalized spacial score (nSPS) is 10.8. The SMILES string of the molecule is Cc1ccccc1NC(=O)C(=O)N/N=C\c1cc(Cl)ccc1OCc1ccc(Cl)c(Cl)c1. The topological polar surface area (TPSA) is 79.8 Å². The maximum absolute atomic E-state index is 12.1. The summed E-state index contributed by atoms with van der Waals surface area (Å²) in [7, 11) is 0. The molecule has 0 spiro atoms. The maximum atomic E-state index is 12.1. The van der Waals surface area contributed by atoms with E-state index in [0.29, 0.717) is 32.1 Å². The van der Waals surface area contributed by atoms with Crippen LogP contribution in [0.3, 0.4) is 0 Å². The number of ether oxygens (including phenoxy) is 1. The van der Waals surface area contributed by atoms with Gasteiger partial charge in [0.1, 0.15) is 12.4 Å². The number of para-hydroxylation sites is 1. The van der Waals surface area contributed by atoms with Crippen molar-refractivity contribution >= 4 is 58.5 Å². The molecule has 0 aromatic heterocycles. The number of hydrogen-bond donors (Lipinski definition) is 2. The van der Waals surface area contributed by atoms with Crippen molar-refractivity contribution in [2.45, 2.75) is 13.5 Å². The van der Waals surface area contributed by atoms with Crippen molar-refractivity contribution in [2.75, 3.05) is 5.32 Å². The first-order valence-corrected chi connectivity index (χ1v) is 10.5. The molecule has 0 unspecified atom stereocenters. The first-order chi connectivity index (χ1) is 15.3. The van der Waals surface area contributed by atoms with Gasteiger partial charge >= 0.3 is 11.8 Å². The molecule has 3 rings (SSSR count). The summed E-state index contributed by atoms with van der Waals surface area (Å²) < 4.78 is 5.83. The van der Waals surface area contributed by atoms with Gasteiger partial charge in [-0.2, -0.15) is 5.10 Å². The van der Waals surface area contributed by atoms with E-state index in [1.54, 1.807) is 48.5 Å². The molecular formula is C23H18Cl3N3O3. The highest BCUT2D eigenvalue weighted by Gasteiger charge is 2.14. The molecule has 0 aliphatic rings. The van der Waals surface area contributed by atoms with E-state index < -0.39 is 11.8 Å². The second kappa shape index (κ2) is 11.0. The van der Waals surface area contributed by atoms with Crippen molar-refractivity contribution < 1.29 is 14.3 Å². The van der Waals surface area contributed by atoms with Crippen LogP contribution in [0.25, 0.3) is 0 Å². The molecule has 0 atom stereocenters. The smallest absolute Gasteiger partial charge is 0.329 e. The highest BCUT2D eigenvalue weighted by molar-refractivity contribution is 6.42. The maximum Gasteiger partial charge on any atom is 0.329 e. The zero-order valence-corrected chi connectivity index (χ0v) is 19.1. The molecule has 32 heavy (non-hydrogen) atoms. The Morgan fingerprint density at radius 3 is 2.50 bits per heavy atom. The van der Waals surface area contributed by atoms with Crippen LogP contribution >= 0.6 is 34.8 Å². The molecule has 0 fully saturated rings. The fourth-order valence-electron chi connectivity index (χ4n) is 2.65. The second-order valence-corrected chi connectivity index (χ2v) is 7.94. The third-order valence-electron chi connectivity index (χ3n) is 4.32. The van der Waals surface area contributed by atoms with Gasteiger partial charge in [0.2, 0.25) is 0 Å². The lowest BCUT2D eigenvalue weighted by molar-refractivity contribution is -0.136. The van der Waals surface area contributed by atoms with Crippen molar-refractivity contribution in [3.05, 3.63) is 92.4 Å². The molecule has 0 saturated carbocycles. The molecule has 0 aliphatic heterocycles. The van der Waals surface area contributed by atoms with E-state index in [-0.39, 0.29) is 6.61 Å². The van der Waals surface area contributed by atoms with Crippen LogP contribution in [0.15, 0.2) is 65.8 Å². The van der Waals surface area contributed by atoms with Gasteiger partial charge in [-0.3, -0.25) is 9.59 Å². The van der Waals surface area contributed by atoms with Gasteiger partial charge in [0, 0.05) is 16.3 Å². The van der Waals surface area contributed by atoms with Crippen molar-refractivity contribution in [3.63, 3.8) is 0 Å². The van der Waals surface area contributed by atoms with Crippen molar-refractivity contribution in [1.29, 1.82) is 0 Å². The van der Waals surface area contributed by atoms with E-state index in [1.165, 1.54) is 6.21 Å². The number of rotatable bonds is 6. The third kappa shape index (κ3) is 6.47. The summed E-state index contributed by atoms with van der Waals surface area (Å²) in [4.78, 5) is 24.1. The summed E-state index contributed by atoms with van der Waals surface area (Å²) in [6, 6.07) is 17.3. The van der Waals surface area contributed by atoms with Gasteiger partial charge in [-0.15, -0.1) is 0 Å². The zero-order chi connectivity index (χ0) is 23.1. The number of carbonyl (C=O) groups excluding carboxylic acids is 2. The summed E-state index contributed by atoms with van der Waals surface area (Å²) in [6.07, 6.45) is 1.34. The number of nitrogens with one attached hydrogen (secondary N) is 2. The monoisotopic (exact) mass is 489 g/mol. The van der Waals surface area contributed by atoms with Gasteiger partial charge in [0.15, 0.2) is 0 Å². The Labute approximate surface area is 200 Å². The minimum atomic E-state index is -0.912. The molecule has 0 bridgehead atoms. The van der Waals surface area contributed by atoms with Gasteiger partial charge in [0.05, 0.1) is 16.3 Å². The average Bonchev–Trinajstić information content (AvgIpc) is 2.77. The lowest BCUT2D eigenvalue weighted by Crippen LogP contribution is -2.32. The molecule has 9 heteroatoms. The predicted molar refractivity (Wildman–Crippen MR) is 128 cm³/mol. The fraction of sp³-hybridized carbons (Fsp3) is 0.0870. The molecule has 0 aliphatic carbocycles. The molecule has 6 nitrogen and oxygen atoms in total. The number of hydrogen-bond acceptors (Lipinski definition) is 4. The average molecular weight is 491 g/mol. The highest BCUT2D eigenvalue weighted by Crippen LogP contribution is 2.25. The van der Waals surface area contributed by atoms with E-state index >= 15 is 0 Å². The first-order valence-electron chi connectivity index (χ1n) is 9.40. The Morgan fingerprint density at radius 1 is 0.969 bits per heavy atom. The van der Waals surface area contributed by atoms with Crippen LogP contribution < -0.4 is 15.5 Å². The second-order valence-electron chi connectivity index (χ2n) is 6.69. The van der Waals surface area contributed by atoms with Gasteiger partial charge in [0.25, 0.3) is 0 Å². The highest BCUT2D eigenvalue weighted by atomic mass is 35.5. The summed E-state index contributed by atoms with van der Waals surface area (Å²) in [5.74, 6) is -1.27. The Hall–Kier alpha value is -3.06. The van der Waals surface area contributed by atoms with Crippen molar-refractivity contribution in [3.8, 4) is 5.75 Å². The number of anilines is 1. The number of aryl methyl sites for hydroxylation is 1. The first kappa shape index (κ1) is 23.6. The number of nitrogens with zero attached hydrogens (tertiary/aromatic N) is 1. The summed E-state index contributed by atoms with van der Waals surface area (Å²) in [5, 5.41) is 7.72. The summed E-state index contributed by atoms with van der Waals surface area (Å²) in [5.41, 5.74) is 4.90. The fourth-order valence-corrected chi connectivity index (χ4v) is 3.15. The van der Waals surface area contributed by atoms with E-state index in [2.05, 4.69) is 15.8 Å². The summed E-state index contributed by atoms with van der Waals surface area (Å²) >= 11 is 18.0. The Morgan fingerprint density at radius 2 is 1.75 bits per heavy atom. The molecule has 164 valence electrons. The van der Waals surface area contributed by atoms with Gasteiger partial charge in [-0.25, -0.2) is 5.43 Å².